The van der Waals surface area contributed by atoms with Crippen LogP contribution in [0.2, 0.25) is 0 Å². The predicted octanol–water partition coefficient (Wildman–Crippen LogP) is 3.87. The molecular formula is C23H22N6O3S. The summed E-state index contributed by atoms with van der Waals surface area (Å²) in [6.07, 6.45) is 4.88. The monoisotopic (exact) mass is 462 g/mol. The van der Waals surface area contributed by atoms with E-state index in [0.29, 0.717) is 23.3 Å². The van der Waals surface area contributed by atoms with Gasteiger partial charge in [0.2, 0.25) is 0 Å². The van der Waals surface area contributed by atoms with Gasteiger partial charge in [0.15, 0.2) is 11.0 Å². The molecule has 4 rings (SSSR count). The number of nitrogens with zero attached hydrogens (tertiary/aromatic N) is 5. The number of furan rings is 1. The van der Waals surface area contributed by atoms with Crippen LogP contribution in [0.1, 0.15) is 18.4 Å². The van der Waals surface area contributed by atoms with Crippen molar-refractivity contribution in [3.8, 4) is 22.8 Å². The van der Waals surface area contributed by atoms with Gasteiger partial charge in [-0.15, -0.1) is 10.2 Å². The first-order valence-corrected chi connectivity index (χ1v) is 11.2. The van der Waals surface area contributed by atoms with Crippen molar-refractivity contribution in [1.29, 1.82) is 0 Å². The molecule has 0 atom stereocenters. The molecule has 0 aliphatic heterocycles. The molecule has 1 N–H and O–H groups in total. The van der Waals surface area contributed by atoms with Crippen LogP contribution in [0.25, 0.3) is 17.1 Å². The Kier molecular flexibility index (Phi) is 7.16. The van der Waals surface area contributed by atoms with Crippen LogP contribution in [-0.4, -0.2) is 44.2 Å². The lowest BCUT2D eigenvalue weighted by atomic mass is 10.2. The van der Waals surface area contributed by atoms with E-state index in [9.17, 15) is 4.79 Å². The molecule has 0 bridgehead atoms. The summed E-state index contributed by atoms with van der Waals surface area (Å²) in [5, 5.41) is 13.2. The summed E-state index contributed by atoms with van der Waals surface area (Å²) >= 11 is 1.26. The largest absolute Gasteiger partial charge is 0.494 e. The molecule has 168 valence electrons. The van der Waals surface area contributed by atoms with Crippen molar-refractivity contribution in [2.24, 2.45) is 5.10 Å². The highest BCUT2D eigenvalue weighted by atomic mass is 32.2. The molecule has 3 heterocycles. The highest BCUT2D eigenvalue weighted by Crippen LogP contribution is 2.28. The highest BCUT2D eigenvalue weighted by molar-refractivity contribution is 7.99. The molecule has 0 spiro atoms. The Morgan fingerprint density at radius 3 is 2.76 bits per heavy atom. The summed E-state index contributed by atoms with van der Waals surface area (Å²) in [6.45, 7) is 4.37. The summed E-state index contributed by atoms with van der Waals surface area (Å²) in [4.78, 5) is 16.5. The second kappa shape index (κ2) is 10.6. The van der Waals surface area contributed by atoms with Crippen LogP contribution in [0.4, 0.5) is 0 Å². The molecule has 1 aromatic carbocycles. The average Bonchev–Trinajstić information content (AvgIpc) is 3.45. The summed E-state index contributed by atoms with van der Waals surface area (Å²) in [5.74, 6) is 2.57. The van der Waals surface area contributed by atoms with Gasteiger partial charge in [-0.2, -0.15) is 5.10 Å². The summed E-state index contributed by atoms with van der Waals surface area (Å²) < 4.78 is 12.8. The Hall–Kier alpha value is -3.92. The molecule has 0 unspecified atom stereocenters. The second-order valence-electron chi connectivity index (χ2n) is 6.84. The molecular weight excluding hydrogens is 440 g/mol. The van der Waals surface area contributed by atoms with Crippen LogP contribution in [0.3, 0.4) is 0 Å². The van der Waals surface area contributed by atoms with Gasteiger partial charge in [0.05, 0.1) is 18.6 Å². The number of pyridine rings is 1. The van der Waals surface area contributed by atoms with Crippen molar-refractivity contribution < 1.29 is 13.9 Å². The Morgan fingerprint density at radius 2 is 2.06 bits per heavy atom. The van der Waals surface area contributed by atoms with Gasteiger partial charge in [-0.25, -0.2) is 5.43 Å². The van der Waals surface area contributed by atoms with Gasteiger partial charge >= 0.3 is 0 Å². The first kappa shape index (κ1) is 22.3. The van der Waals surface area contributed by atoms with E-state index in [-0.39, 0.29) is 11.7 Å². The lowest BCUT2D eigenvalue weighted by molar-refractivity contribution is -0.118. The Morgan fingerprint density at radius 1 is 1.21 bits per heavy atom. The van der Waals surface area contributed by atoms with Crippen LogP contribution in [-0.2, 0) is 4.79 Å². The number of amides is 1. The third kappa shape index (κ3) is 5.66. The van der Waals surface area contributed by atoms with Crippen molar-refractivity contribution in [2.45, 2.75) is 19.0 Å². The number of ether oxygens (including phenoxy) is 1. The lowest BCUT2D eigenvalue weighted by Crippen LogP contribution is -2.19. The van der Waals surface area contributed by atoms with E-state index in [2.05, 4.69) is 25.7 Å². The van der Waals surface area contributed by atoms with Gasteiger partial charge in [-0.3, -0.25) is 14.3 Å². The van der Waals surface area contributed by atoms with Gasteiger partial charge in [-0.1, -0.05) is 11.8 Å². The first-order chi connectivity index (χ1) is 16.1. The molecule has 3 aromatic heterocycles. The SMILES string of the molecule is CCOc1ccc(-n2c(SCC(=O)NN=Cc3ccc(C)o3)nnc2-c2cccnc2)cc1. The quantitative estimate of drug-likeness (QED) is 0.229. The maximum absolute atomic E-state index is 12.3. The number of thioether (sulfide) groups is 1. The predicted molar refractivity (Wildman–Crippen MR) is 126 cm³/mol. The van der Waals surface area contributed by atoms with E-state index in [1.165, 1.54) is 18.0 Å². The van der Waals surface area contributed by atoms with Crippen LogP contribution in [0.5, 0.6) is 5.75 Å². The highest BCUT2D eigenvalue weighted by Gasteiger charge is 2.17. The molecule has 10 heteroatoms. The standard InChI is InChI=1S/C23H22N6O3S/c1-3-31-19-10-7-18(8-11-19)29-22(17-5-4-12-24-13-17)27-28-23(29)33-15-21(30)26-25-14-20-9-6-16(2)32-20/h4-14H,3,15H2,1-2H3,(H,26,30). The van der Waals surface area contributed by atoms with E-state index >= 15 is 0 Å². The van der Waals surface area contributed by atoms with E-state index in [4.69, 9.17) is 9.15 Å². The maximum Gasteiger partial charge on any atom is 0.250 e. The molecule has 4 aromatic rings. The number of aromatic nitrogens is 4. The molecule has 0 aliphatic carbocycles. The fraction of sp³-hybridized carbons (Fsp3) is 0.174. The van der Waals surface area contributed by atoms with Gasteiger partial charge < -0.3 is 9.15 Å². The van der Waals surface area contributed by atoms with Crippen molar-refractivity contribution in [1.82, 2.24) is 25.2 Å². The van der Waals surface area contributed by atoms with Crippen LogP contribution < -0.4 is 10.2 Å². The van der Waals surface area contributed by atoms with Gasteiger partial charge in [0, 0.05) is 23.6 Å². The molecule has 0 saturated carbocycles. The number of carbonyl (C=O) groups excluding carboxylic acids is 1. The van der Waals surface area contributed by atoms with Crippen LogP contribution >= 0.6 is 11.8 Å². The number of nitrogens with one attached hydrogen (secondary N) is 1. The molecule has 9 nitrogen and oxygen atoms in total. The third-order valence-electron chi connectivity index (χ3n) is 4.43. The smallest absolute Gasteiger partial charge is 0.250 e. The Balaban J connectivity index is 1.52. The van der Waals surface area contributed by atoms with E-state index in [1.807, 2.05) is 60.9 Å². The van der Waals surface area contributed by atoms with Crippen molar-refractivity contribution in [3.05, 3.63) is 72.4 Å². The lowest BCUT2D eigenvalue weighted by Gasteiger charge is -2.11. The average molecular weight is 463 g/mol. The molecule has 0 radical (unpaired) electrons. The van der Waals surface area contributed by atoms with E-state index in [1.54, 1.807) is 18.5 Å². The molecule has 0 saturated heterocycles. The van der Waals surface area contributed by atoms with Crippen molar-refractivity contribution >= 4 is 23.9 Å². The molecule has 0 aliphatic rings. The summed E-state index contributed by atoms with van der Waals surface area (Å²) in [7, 11) is 0. The minimum Gasteiger partial charge on any atom is -0.494 e. The van der Waals surface area contributed by atoms with Crippen LogP contribution in [0, 0.1) is 6.92 Å². The van der Waals surface area contributed by atoms with E-state index in [0.717, 1.165) is 22.8 Å². The number of carbonyl (C=O) groups is 1. The zero-order valence-electron chi connectivity index (χ0n) is 18.1. The van der Waals surface area contributed by atoms with Crippen molar-refractivity contribution in [3.63, 3.8) is 0 Å². The maximum atomic E-state index is 12.3. The number of hydrogen-bond acceptors (Lipinski definition) is 8. The number of aryl methyl sites for hydroxylation is 1. The summed E-state index contributed by atoms with van der Waals surface area (Å²) in [5.41, 5.74) is 4.15. The summed E-state index contributed by atoms with van der Waals surface area (Å²) in [6, 6.07) is 15.0. The molecule has 1 amide bonds. The number of hydrogen-bond donors (Lipinski definition) is 1. The Labute approximate surface area is 194 Å². The number of benzene rings is 1. The third-order valence-corrected chi connectivity index (χ3v) is 5.36. The van der Waals surface area contributed by atoms with Gasteiger partial charge in [-0.05, 0) is 62.4 Å². The zero-order chi connectivity index (χ0) is 23.0. The molecule has 0 fully saturated rings. The van der Waals surface area contributed by atoms with Crippen molar-refractivity contribution in [2.75, 3.05) is 12.4 Å². The van der Waals surface area contributed by atoms with Gasteiger partial charge in [0.25, 0.3) is 5.91 Å². The fourth-order valence-corrected chi connectivity index (χ4v) is 3.73. The Bertz CT molecular complexity index is 1230. The first-order valence-electron chi connectivity index (χ1n) is 10.2. The normalized spacial score (nSPS) is 11.1. The number of rotatable bonds is 9. The topological polar surface area (TPSA) is 107 Å². The second-order valence-corrected chi connectivity index (χ2v) is 7.78. The molecule has 33 heavy (non-hydrogen) atoms. The van der Waals surface area contributed by atoms with Crippen LogP contribution in [0.15, 0.2) is 75.6 Å². The van der Waals surface area contributed by atoms with Gasteiger partial charge in [0.1, 0.15) is 17.3 Å². The van der Waals surface area contributed by atoms with E-state index < -0.39 is 0 Å². The zero-order valence-corrected chi connectivity index (χ0v) is 19.0. The minimum absolute atomic E-state index is 0.108. The fourth-order valence-electron chi connectivity index (χ4n) is 2.99. The minimum atomic E-state index is -0.274. The number of hydrazone groups is 1.